The highest BCUT2D eigenvalue weighted by molar-refractivity contribution is 7.90. The predicted molar refractivity (Wildman–Crippen MR) is 94.2 cm³/mol. The summed E-state index contributed by atoms with van der Waals surface area (Å²) in [5.41, 5.74) is 13.9. The van der Waals surface area contributed by atoms with Gasteiger partial charge in [-0.3, -0.25) is 4.79 Å². The molecular formula is C17H25N3OS. The van der Waals surface area contributed by atoms with Gasteiger partial charge >= 0.3 is 0 Å². The van der Waals surface area contributed by atoms with Gasteiger partial charge in [-0.15, -0.1) is 12.6 Å². The summed E-state index contributed by atoms with van der Waals surface area (Å²) in [4.78, 5) is 14.8. The largest absolute Gasteiger partial charge is 0.393 e. The Hall–Kier alpha value is -1.46. The molecule has 1 aromatic rings. The summed E-state index contributed by atoms with van der Waals surface area (Å²) >= 11 is 4.44. The van der Waals surface area contributed by atoms with Crippen LogP contribution >= 0.6 is 12.6 Å². The molecule has 1 aromatic carbocycles. The van der Waals surface area contributed by atoms with Crippen molar-refractivity contribution in [3.63, 3.8) is 0 Å². The van der Waals surface area contributed by atoms with E-state index in [9.17, 15) is 4.79 Å². The van der Waals surface area contributed by atoms with Gasteiger partial charge in [-0.2, -0.15) is 0 Å². The van der Waals surface area contributed by atoms with Crippen molar-refractivity contribution in [2.24, 2.45) is 17.4 Å². The third kappa shape index (κ3) is 2.88. The topological polar surface area (TPSA) is 72.4 Å². The van der Waals surface area contributed by atoms with Gasteiger partial charge in [0.25, 0.3) is 5.91 Å². The van der Waals surface area contributed by atoms with Gasteiger partial charge in [0, 0.05) is 29.5 Å². The van der Waals surface area contributed by atoms with E-state index in [1.54, 1.807) is 0 Å². The molecule has 1 amide bonds. The Balaban J connectivity index is 0.000000847. The molecule has 0 aromatic heterocycles. The second-order valence-corrected chi connectivity index (χ2v) is 6.06. The van der Waals surface area contributed by atoms with E-state index < -0.39 is 0 Å². The zero-order chi connectivity index (χ0) is 16.4. The zero-order valence-corrected chi connectivity index (χ0v) is 14.3. The molecule has 2 fully saturated rings. The minimum absolute atomic E-state index is 0.134. The van der Waals surface area contributed by atoms with Crippen molar-refractivity contribution in [2.75, 3.05) is 6.54 Å². The van der Waals surface area contributed by atoms with Gasteiger partial charge in [-0.25, -0.2) is 0 Å². The number of rotatable bonds is 3. The summed E-state index contributed by atoms with van der Waals surface area (Å²) in [6.07, 6.45) is 1.06. The van der Waals surface area contributed by atoms with E-state index in [0.29, 0.717) is 23.4 Å². The number of amides is 1. The number of carbonyl (C=O) groups is 1. The summed E-state index contributed by atoms with van der Waals surface area (Å²) in [6, 6.07) is 8.32. The van der Waals surface area contributed by atoms with Gasteiger partial charge in [0.05, 0.1) is 0 Å². The van der Waals surface area contributed by atoms with Crippen LogP contribution in [0.5, 0.6) is 0 Å². The number of nitrogens with zero attached hydrogens (tertiary/aromatic N) is 1. The zero-order valence-electron chi connectivity index (χ0n) is 13.4. The lowest BCUT2D eigenvalue weighted by atomic mass is 10.0. The summed E-state index contributed by atoms with van der Waals surface area (Å²) in [7, 11) is 0. The summed E-state index contributed by atoms with van der Waals surface area (Å²) in [6.45, 7) is 6.50. The number of fused-ring (bicyclic) bond motifs is 1. The SMILES string of the molecule is CC.Cc1cccc(/C(S)=C(/N)C(=O)N2C(CN)C3CC32)c1. The van der Waals surface area contributed by atoms with Crippen LogP contribution in [0, 0.1) is 12.8 Å². The number of nitrogens with two attached hydrogens (primary N) is 2. The molecule has 4 N–H and O–H groups in total. The molecule has 4 nitrogen and oxygen atoms in total. The van der Waals surface area contributed by atoms with Crippen molar-refractivity contribution in [2.45, 2.75) is 39.3 Å². The average molecular weight is 319 g/mol. The molecule has 5 heteroatoms. The van der Waals surface area contributed by atoms with Crippen LogP contribution in [-0.4, -0.2) is 29.4 Å². The summed E-state index contributed by atoms with van der Waals surface area (Å²) in [5, 5.41) is 0. The van der Waals surface area contributed by atoms with E-state index in [1.165, 1.54) is 0 Å². The van der Waals surface area contributed by atoms with Gasteiger partial charge in [-0.1, -0.05) is 43.7 Å². The molecule has 3 atom stereocenters. The summed E-state index contributed by atoms with van der Waals surface area (Å²) in [5.74, 6) is 0.463. The smallest absolute Gasteiger partial charge is 0.271 e. The minimum atomic E-state index is -0.134. The van der Waals surface area contributed by atoms with E-state index in [4.69, 9.17) is 11.5 Å². The number of benzene rings is 1. The first-order valence-electron chi connectivity index (χ1n) is 7.83. The molecule has 0 bridgehead atoms. The predicted octanol–water partition coefficient (Wildman–Crippen LogP) is 2.14. The fraction of sp³-hybridized carbons (Fsp3) is 0.471. The normalized spacial score (nSPS) is 26.0. The molecule has 22 heavy (non-hydrogen) atoms. The second kappa shape index (κ2) is 6.75. The number of hydrogen-bond donors (Lipinski definition) is 3. The second-order valence-electron chi connectivity index (χ2n) is 5.61. The average Bonchev–Trinajstić information content (AvgIpc) is 3.22. The minimum Gasteiger partial charge on any atom is -0.393 e. The summed E-state index contributed by atoms with van der Waals surface area (Å²) < 4.78 is 0. The van der Waals surface area contributed by atoms with Crippen molar-refractivity contribution >= 4 is 23.4 Å². The molecule has 3 rings (SSSR count). The van der Waals surface area contributed by atoms with E-state index in [-0.39, 0.29) is 17.6 Å². The number of thiol groups is 1. The van der Waals surface area contributed by atoms with Gasteiger partial charge in [0.2, 0.25) is 0 Å². The molecule has 0 radical (unpaired) electrons. The third-order valence-electron chi connectivity index (χ3n) is 4.27. The molecule has 1 aliphatic carbocycles. The Morgan fingerprint density at radius 1 is 1.41 bits per heavy atom. The first kappa shape index (κ1) is 16.9. The van der Waals surface area contributed by atoms with Crippen molar-refractivity contribution in [1.82, 2.24) is 4.90 Å². The first-order chi connectivity index (χ1) is 10.5. The third-order valence-corrected chi connectivity index (χ3v) is 4.77. The number of carbonyl (C=O) groups excluding carboxylic acids is 1. The van der Waals surface area contributed by atoms with Crippen LogP contribution in [0.25, 0.3) is 4.91 Å². The lowest BCUT2D eigenvalue weighted by Gasteiger charge is -2.39. The monoisotopic (exact) mass is 319 g/mol. The van der Waals surface area contributed by atoms with Crippen molar-refractivity contribution in [3.8, 4) is 0 Å². The van der Waals surface area contributed by atoms with Gasteiger partial charge < -0.3 is 16.4 Å². The van der Waals surface area contributed by atoms with Crippen molar-refractivity contribution in [3.05, 3.63) is 41.1 Å². The number of aryl methyl sites for hydroxylation is 1. The quantitative estimate of drug-likeness (QED) is 0.590. The lowest BCUT2D eigenvalue weighted by Crippen LogP contribution is -2.57. The Labute approximate surface area is 138 Å². The van der Waals surface area contributed by atoms with Crippen LogP contribution < -0.4 is 11.5 Å². The van der Waals surface area contributed by atoms with E-state index in [1.807, 2.05) is 49.9 Å². The molecule has 1 heterocycles. The first-order valence-corrected chi connectivity index (χ1v) is 8.27. The van der Waals surface area contributed by atoms with E-state index in [0.717, 1.165) is 17.5 Å². The number of likely N-dealkylation sites (tertiary alicyclic amines) is 1. The molecule has 120 valence electrons. The molecular weight excluding hydrogens is 294 g/mol. The molecule has 1 aliphatic heterocycles. The van der Waals surface area contributed by atoms with Crippen molar-refractivity contribution in [1.29, 1.82) is 0 Å². The van der Waals surface area contributed by atoms with Crippen LogP contribution in [0.2, 0.25) is 0 Å². The maximum absolute atomic E-state index is 12.5. The Morgan fingerprint density at radius 2 is 2.09 bits per heavy atom. The van der Waals surface area contributed by atoms with Crippen LogP contribution in [-0.2, 0) is 4.79 Å². The lowest BCUT2D eigenvalue weighted by molar-refractivity contribution is -0.134. The van der Waals surface area contributed by atoms with Gasteiger partial charge in [0.15, 0.2) is 0 Å². The molecule has 1 saturated carbocycles. The molecule has 2 aliphatic rings. The number of hydrogen-bond acceptors (Lipinski definition) is 4. The molecule has 0 spiro atoms. The maximum Gasteiger partial charge on any atom is 0.271 e. The highest BCUT2D eigenvalue weighted by Gasteiger charge is 2.61. The van der Waals surface area contributed by atoms with Crippen LogP contribution in [0.3, 0.4) is 0 Å². The molecule has 1 saturated heterocycles. The van der Waals surface area contributed by atoms with Crippen LogP contribution in [0.15, 0.2) is 30.0 Å². The van der Waals surface area contributed by atoms with E-state index in [2.05, 4.69) is 12.6 Å². The van der Waals surface area contributed by atoms with Crippen molar-refractivity contribution < 1.29 is 4.79 Å². The maximum atomic E-state index is 12.5. The highest BCUT2D eigenvalue weighted by Crippen LogP contribution is 2.51. The highest BCUT2D eigenvalue weighted by atomic mass is 32.1. The van der Waals surface area contributed by atoms with Gasteiger partial charge in [0.1, 0.15) is 5.70 Å². The Morgan fingerprint density at radius 3 is 2.68 bits per heavy atom. The molecule has 3 unspecified atom stereocenters. The van der Waals surface area contributed by atoms with Crippen LogP contribution in [0.1, 0.15) is 31.4 Å². The standard InChI is InChI=1S/C15H19N3OS.C2H6/c1-8-3-2-4-9(5-8)14(20)13(17)15(19)18-11-6-10(11)12(18)7-16;1-2/h2-5,10-12,20H,6-7,16-17H2,1H3;1-2H3/b14-13-;. The van der Waals surface area contributed by atoms with Gasteiger partial charge in [-0.05, 0) is 18.9 Å². The van der Waals surface area contributed by atoms with Crippen LogP contribution in [0.4, 0.5) is 0 Å². The fourth-order valence-corrected chi connectivity index (χ4v) is 3.30. The Kier molecular flexibility index (Phi) is 5.19. The van der Waals surface area contributed by atoms with E-state index >= 15 is 0 Å². The Bertz CT molecular complexity index is 599. The fourth-order valence-electron chi connectivity index (χ4n) is 3.06.